The molecule has 1 aliphatic heterocycles. The third-order valence-electron chi connectivity index (χ3n) is 3.02. The molecule has 2 heterocycles. The Bertz CT molecular complexity index is 570. The first-order chi connectivity index (χ1) is 8.37. The molecule has 6 nitrogen and oxygen atoms in total. The molecule has 0 aliphatic carbocycles. The number of alkyl halides is 1. The fourth-order valence-electron chi connectivity index (χ4n) is 1.84. The van der Waals surface area contributed by atoms with Crippen molar-refractivity contribution in [2.45, 2.75) is 31.3 Å². The molecule has 1 aliphatic rings. The van der Waals surface area contributed by atoms with Crippen molar-refractivity contribution in [3.05, 3.63) is 32.9 Å². The van der Waals surface area contributed by atoms with Crippen molar-refractivity contribution >= 4 is 0 Å². The summed E-state index contributed by atoms with van der Waals surface area (Å²) in [4.78, 5) is 24.1. The van der Waals surface area contributed by atoms with Gasteiger partial charge in [0.1, 0.15) is 18.0 Å². The predicted molar refractivity (Wildman–Crippen MR) is 56.4 cm³/mol. The summed E-state index contributed by atoms with van der Waals surface area (Å²) in [5, 5.41) is 9.04. The van der Waals surface area contributed by atoms with Gasteiger partial charge >= 0.3 is 5.69 Å². The van der Waals surface area contributed by atoms with Gasteiger partial charge in [0.25, 0.3) is 5.56 Å². The Morgan fingerprint density at radius 3 is 2.89 bits per heavy atom. The van der Waals surface area contributed by atoms with E-state index in [2.05, 4.69) is 0 Å². The molecular formula is C10H12F2N2O4. The minimum absolute atomic E-state index is 0.206. The van der Waals surface area contributed by atoms with Crippen LogP contribution in [0.3, 0.4) is 0 Å². The summed E-state index contributed by atoms with van der Waals surface area (Å²) in [6.07, 6.45) is -2.09. The van der Waals surface area contributed by atoms with Crippen LogP contribution in [0.25, 0.3) is 0 Å². The van der Waals surface area contributed by atoms with E-state index in [1.54, 1.807) is 4.98 Å². The highest BCUT2D eigenvalue weighted by molar-refractivity contribution is 4.95. The maximum atomic E-state index is 13.7. The lowest BCUT2D eigenvalue weighted by Crippen LogP contribution is -2.38. The summed E-state index contributed by atoms with van der Waals surface area (Å²) in [7, 11) is 0. The van der Waals surface area contributed by atoms with Crippen molar-refractivity contribution in [3.8, 4) is 0 Å². The number of aromatic nitrogens is 2. The van der Waals surface area contributed by atoms with Crippen LogP contribution in [-0.4, -0.2) is 33.0 Å². The molecule has 2 N–H and O–H groups in total. The topological polar surface area (TPSA) is 84.3 Å². The van der Waals surface area contributed by atoms with Gasteiger partial charge in [-0.2, -0.15) is 4.39 Å². The summed E-state index contributed by atoms with van der Waals surface area (Å²) in [5.41, 5.74) is -3.46. The van der Waals surface area contributed by atoms with Crippen LogP contribution in [0.1, 0.15) is 19.6 Å². The van der Waals surface area contributed by atoms with Crippen molar-refractivity contribution in [1.29, 1.82) is 0 Å². The van der Waals surface area contributed by atoms with Crippen LogP contribution in [-0.2, 0) is 4.74 Å². The van der Waals surface area contributed by atoms with Gasteiger partial charge in [0.15, 0.2) is 0 Å². The zero-order valence-corrected chi connectivity index (χ0v) is 9.52. The zero-order chi connectivity index (χ0) is 13.5. The molecule has 2 rings (SSSR count). The summed E-state index contributed by atoms with van der Waals surface area (Å²) in [6.45, 7) is 0.788. The molecule has 0 saturated carbocycles. The third-order valence-corrected chi connectivity index (χ3v) is 3.02. The van der Waals surface area contributed by atoms with Crippen molar-refractivity contribution in [3.63, 3.8) is 0 Å². The van der Waals surface area contributed by atoms with E-state index in [1.165, 1.54) is 6.92 Å². The molecule has 0 radical (unpaired) electrons. The van der Waals surface area contributed by atoms with Gasteiger partial charge in [-0.3, -0.25) is 14.3 Å². The standard InChI is InChI=1S/C10H12F2N2O4/c1-10(4-15)6(12)2-7(18-10)14-3-5(11)8(16)13-9(14)17/h3,6-7,15H,2,4H2,1H3,(H,13,16,17)/t6-,7+,10+/m0/s1. The second-order valence-electron chi connectivity index (χ2n) is 4.39. The molecule has 0 unspecified atom stereocenters. The van der Waals surface area contributed by atoms with Crippen molar-refractivity contribution in [2.24, 2.45) is 0 Å². The number of aromatic amines is 1. The van der Waals surface area contributed by atoms with Crippen LogP contribution >= 0.6 is 0 Å². The highest BCUT2D eigenvalue weighted by Crippen LogP contribution is 2.37. The van der Waals surface area contributed by atoms with Crippen molar-refractivity contribution < 1.29 is 18.6 Å². The smallest absolute Gasteiger partial charge is 0.330 e. The number of nitrogens with one attached hydrogen (secondary N) is 1. The lowest BCUT2D eigenvalue weighted by atomic mass is 10.0. The normalized spacial score (nSPS) is 31.8. The Hall–Kier alpha value is -1.54. The maximum Gasteiger partial charge on any atom is 0.330 e. The fraction of sp³-hybridized carbons (Fsp3) is 0.600. The average Bonchev–Trinajstić information content (AvgIpc) is 2.61. The number of rotatable bonds is 2. The Morgan fingerprint density at radius 2 is 2.33 bits per heavy atom. The lowest BCUT2D eigenvalue weighted by Gasteiger charge is -2.23. The van der Waals surface area contributed by atoms with E-state index >= 15 is 0 Å². The molecule has 1 aromatic heterocycles. The molecule has 0 amide bonds. The molecule has 100 valence electrons. The van der Waals surface area contributed by atoms with Crippen LogP contribution < -0.4 is 11.2 Å². The Balaban J connectivity index is 2.38. The van der Waals surface area contributed by atoms with Crippen molar-refractivity contribution in [1.82, 2.24) is 9.55 Å². The highest BCUT2D eigenvalue weighted by atomic mass is 19.1. The molecule has 18 heavy (non-hydrogen) atoms. The first-order valence-electron chi connectivity index (χ1n) is 5.31. The van der Waals surface area contributed by atoms with Crippen LogP contribution in [0, 0.1) is 5.82 Å². The van der Waals surface area contributed by atoms with E-state index < -0.39 is 41.7 Å². The Labute approximate surface area is 99.8 Å². The van der Waals surface area contributed by atoms with E-state index in [9.17, 15) is 18.4 Å². The van der Waals surface area contributed by atoms with Gasteiger partial charge in [-0.05, 0) is 6.92 Å². The number of aliphatic hydroxyl groups excluding tert-OH is 1. The molecule has 0 bridgehead atoms. The number of H-pyrrole nitrogens is 1. The minimum atomic E-state index is -1.49. The molecule has 0 aromatic carbocycles. The predicted octanol–water partition coefficient (Wildman–Crippen LogP) is -0.316. The van der Waals surface area contributed by atoms with E-state index in [-0.39, 0.29) is 6.42 Å². The molecular weight excluding hydrogens is 250 g/mol. The molecule has 0 spiro atoms. The first-order valence-corrected chi connectivity index (χ1v) is 5.31. The molecule has 1 saturated heterocycles. The van der Waals surface area contributed by atoms with Crippen LogP contribution in [0.15, 0.2) is 15.8 Å². The van der Waals surface area contributed by atoms with E-state index in [4.69, 9.17) is 9.84 Å². The summed E-state index contributed by atoms with van der Waals surface area (Å²) >= 11 is 0. The summed E-state index contributed by atoms with van der Waals surface area (Å²) in [5.74, 6) is -1.16. The third kappa shape index (κ3) is 1.97. The van der Waals surface area contributed by atoms with Gasteiger partial charge in [0.2, 0.25) is 5.82 Å². The van der Waals surface area contributed by atoms with E-state index in [0.717, 1.165) is 4.57 Å². The van der Waals surface area contributed by atoms with Gasteiger partial charge in [0.05, 0.1) is 12.8 Å². The number of nitrogens with zero attached hydrogens (tertiary/aromatic N) is 1. The van der Waals surface area contributed by atoms with Gasteiger partial charge in [-0.15, -0.1) is 0 Å². The van der Waals surface area contributed by atoms with Crippen LogP contribution in [0.4, 0.5) is 8.78 Å². The molecule has 1 aromatic rings. The minimum Gasteiger partial charge on any atom is -0.393 e. The Morgan fingerprint density at radius 1 is 1.67 bits per heavy atom. The second kappa shape index (κ2) is 4.29. The SMILES string of the molecule is C[C@]1(CO)O[C@@H](n2cc(F)c(=O)[nH]c2=O)C[C@@H]1F. The number of halogens is 2. The maximum absolute atomic E-state index is 13.7. The highest BCUT2D eigenvalue weighted by Gasteiger charge is 2.46. The quantitative estimate of drug-likeness (QED) is 0.765. The van der Waals surface area contributed by atoms with Gasteiger partial charge in [0, 0.05) is 6.42 Å². The molecule has 1 fully saturated rings. The van der Waals surface area contributed by atoms with E-state index in [1.807, 2.05) is 0 Å². The largest absolute Gasteiger partial charge is 0.393 e. The summed E-state index contributed by atoms with van der Waals surface area (Å²) in [6, 6.07) is 0. The number of hydrogen-bond donors (Lipinski definition) is 2. The lowest BCUT2D eigenvalue weighted by molar-refractivity contribution is -0.105. The monoisotopic (exact) mass is 262 g/mol. The van der Waals surface area contributed by atoms with Crippen molar-refractivity contribution in [2.75, 3.05) is 6.61 Å². The van der Waals surface area contributed by atoms with Crippen LogP contribution in [0.2, 0.25) is 0 Å². The molecule has 3 atom stereocenters. The van der Waals surface area contributed by atoms with Gasteiger partial charge in [-0.1, -0.05) is 0 Å². The van der Waals surface area contributed by atoms with Gasteiger partial charge < -0.3 is 9.84 Å². The summed E-state index contributed by atoms with van der Waals surface area (Å²) < 4.78 is 32.7. The zero-order valence-electron chi connectivity index (χ0n) is 9.52. The van der Waals surface area contributed by atoms with Gasteiger partial charge in [-0.25, -0.2) is 9.18 Å². The second-order valence-corrected chi connectivity index (χ2v) is 4.39. The average molecular weight is 262 g/mol. The first kappa shape index (κ1) is 12.9. The fourth-order valence-corrected chi connectivity index (χ4v) is 1.84. The van der Waals surface area contributed by atoms with Crippen LogP contribution in [0.5, 0.6) is 0 Å². The Kier molecular flexibility index (Phi) is 3.07. The molecule has 8 heteroatoms. The number of aliphatic hydroxyl groups is 1. The number of hydrogen-bond acceptors (Lipinski definition) is 4. The number of ether oxygens (including phenoxy) is 1. The van der Waals surface area contributed by atoms with E-state index in [0.29, 0.717) is 6.20 Å².